The van der Waals surface area contributed by atoms with Crippen molar-refractivity contribution in [1.82, 2.24) is 0 Å². The van der Waals surface area contributed by atoms with Crippen molar-refractivity contribution in [3.8, 4) is 0 Å². The lowest BCUT2D eigenvalue weighted by Crippen LogP contribution is -1.64. The zero-order chi connectivity index (χ0) is 8.55. The normalized spacial score (nSPS) is 23.2. The molecule has 0 aliphatic carbocycles. The first-order valence-electron chi connectivity index (χ1n) is 3.11. The van der Waals surface area contributed by atoms with Crippen LogP contribution < -0.4 is 0 Å². The third-order valence-corrected chi connectivity index (χ3v) is 8.24. The summed E-state index contributed by atoms with van der Waals surface area (Å²) in [5.41, 5.74) is 0. The Hall–Kier alpha value is 1.48. The standard InChI is InChI=1S/C6H6P2S4/c7-3-4(8)12-6(11-3)5-9-1-2-10-5/h1-2H,7-8H2. The molecule has 2 atom stereocenters. The Balaban J connectivity index is 2.16. The molecule has 2 unspecified atom stereocenters. The topological polar surface area (TPSA) is 0 Å². The van der Waals surface area contributed by atoms with Crippen molar-refractivity contribution >= 4 is 65.5 Å². The molecular weight excluding hydrogens is 262 g/mol. The molecule has 2 aliphatic rings. The third-order valence-electron chi connectivity index (χ3n) is 1.22. The van der Waals surface area contributed by atoms with Gasteiger partial charge in [0, 0.05) is 9.29 Å². The van der Waals surface area contributed by atoms with Crippen LogP contribution in [0.3, 0.4) is 0 Å². The Morgan fingerprint density at radius 3 is 1.83 bits per heavy atom. The van der Waals surface area contributed by atoms with Crippen LogP contribution in [0.2, 0.25) is 0 Å². The van der Waals surface area contributed by atoms with Gasteiger partial charge in [0.2, 0.25) is 0 Å². The van der Waals surface area contributed by atoms with E-state index in [-0.39, 0.29) is 0 Å². The Kier molecular flexibility index (Phi) is 3.62. The highest BCUT2D eigenvalue weighted by Gasteiger charge is 2.20. The molecule has 0 amide bonds. The molecule has 12 heavy (non-hydrogen) atoms. The first-order valence-corrected chi connectivity index (χ1v) is 7.65. The molecule has 0 saturated carbocycles. The van der Waals surface area contributed by atoms with Gasteiger partial charge >= 0.3 is 0 Å². The molecule has 6 heteroatoms. The molecule has 0 aromatic carbocycles. The van der Waals surface area contributed by atoms with Crippen molar-refractivity contribution in [2.45, 2.75) is 0 Å². The highest BCUT2D eigenvalue weighted by Crippen LogP contribution is 2.59. The van der Waals surface area contributed by atoms with Crippen molar-refractivity contribution in [2.24, 2.45) is 0 Å². The summed E-state index contributed by atoms with van der Waals surface area (Å²) in [7, 11) is 5.54. The van der Waals surface area contributed by atoms with E-state index in [4.69, 9.17) is 0 Å². The zero-order valence-electron chi connectivity index (χ0n) is 5.94. The van der Waals surface area contributed by atoms with Gasteiger partial charge in [-0.2, -0.15) is 0 Å². The smallest absolute Gasteiger partial charge is 0.0706 e. The lowest BCUT2D eigenvalue weighted by atomic mass is 11.2. The summed E-state index contributed by atoms with van der Waals surface area (Å²) in [5, 5.41) is 4.27. The minimum Gasteiger partial charge on any atom is -0.0969 e. The van der Waals surface area contributed by atoms with Crippen LogP contribution in [-0.4, -0.2) is 0 Å². The van der Waals surface area contributed by atoms with Crippen molar-refractivity contribution in [1.29, 1.82) is 0 Å². The molecule has 0 nitrogen and oxygen atoms in total. The summed E-state index contributed by atoms with van der Waals surface area (Å²) in [4.78, 5) is 0. The van der Waals surface area contributed by atoms with Gasteiger partial charge in [0.25, 0.3) is 0 Å². The average molecular weight is 268 g/mol. The molecule has 0 fully saturated rings. The number of rotatable bonds is 0. The summed E-state index contributed by atoms with van der Waals surface area (Å²) < 4.78 is 5.51. The van der Waals surface area contributed by atoms with Gasteiger partial charge in [-0.15, -0.1) is 0 Å². The SMILES string of the molecule is PC1=C(P)SC(=C2SC=CS2)S1. The van der Waals surface area contributed by atoms with E-state index in [0.717, 1.165) is 0 Å². The minimum absolute atomic E-state index is 1.33. The maximum absolute atomic E-state index is 2.77. The second-order valence-corrected chi connectivity index (χ2v) is 8.46. The van der Waals surface area contributed by atoms with Crippen molar-refractivity contribution < 1.29 is 0 Å². The maximum atomic E-state index is 2.77. The van der Waals surface area contributed by atoms with Crippen molar-refractivity contribution in [2.75, 3.05) is 0 Å². The molecular formula is C6H6P2S4. The zero-order valence-corrected chi connectivity index (χ0v) is 11.5. The van der Waals surface area contributed by atoms with E-state index in [1.807, 2.05) is 47.0 Å². The lowest BCUT2D eigenvalue weighted by Gasteiger charge is -1.98. The van der Waals surface area contributed by atoms with E-state index >= 15 is 0 Å². The van der Waals surface area contributed by atoms with Gasteiger partial charge in [0.1, 0.15) is 0 Å². The maximum Gasteiger partial charge on any atom is 0.0706 e. The molecule has 0 N–H and O–H groups in total. The largest absolute Gasteiger partial charge is 0.0969 e. The fourth-order valence-corrected chi connectivity index (χ4v) is 6.52. The molecule has 2 rings (SSSR count). The van der Waals surface area contributed by atoms with Gasteiger partial charge in [-0.3, -0.25) is 0 Å². The molecule has 2 aliphatic heterocycles. The lowest BCUT2D eigenvalue weighted by molar-refractivity contribution is 2.38. The summed E-state index contributed by atoms with van der Waals surface area (Å²) in [6, 6.07) is 0. The van der Waals surface area contributed by atoms with Crippen LogP contribution in [0.5, 0.6) is 0 Å². The summed E-state index contributed by atoms with van der Waals surface area (Å²) in [6.45, 7) is 0. The van der Waals surface area contributed by atoms with Crippen LogP contribution in [0.4, 0.5) is 0 Å². The first kappa shape index (κ1) is 10.0. The molecule has 0 radical (unpaired) electrons. The van der Waals surface area contributed by atoms with Crippen LogP contribution >= 0.6 is 65.5 Å². The van der Waals surface area contributed by atoms with Gasteiger partial charge in [0.15, 0.2) is 0 Å². The van der Waals surface area contributed by atoms with E-state index in [9.17, 15) is 0 Å². The van der Waals surface area contributed by atoms with Crippen LogP contribution in [0, 0.1) is 0 Å². The number of hydrogen-bond acceptors (Lipinski definition) is 4. The van der Waals surface area contributed by atoms with Gasteiger partial charge < -0.3 is 0 Å². The minimum atomic E-state index is 1.33. The molecule has 64 valence electrons. The Labute approximate surface area is 93.6 Å². The highest BCUT2D eigenvalue weighted by atomic mass is 32.2. The van der Waals surface area contributed by atoms with Crippen LogP contribution in [-0.2, 0) is 0 Å². The molecule has 2 heterocycles. The summed E-state index contributed by atoms with van der Waals surface area (Å²) >= 11 is 7.34. The van der Waals surface area contributed by atoms with E-state index in [2.05, 4.69) is 29.3 Å². The van der Waals surface area contributed by atoms with Gasteiger partial charge in [-0.05, 0) is 10.8 Å². The van der Waals surface area contributed by atoms with Gasteiger partial charge in [-0.25, -0.2) is 0 Å². The first-order chi connectivity index (χ1) is 5.77. The Morgan fingerprint density at radius 1 is 0.833 bits per heavy atom. The second-order valence-electron chi connectivity index (χ2n) is 2.02. The van der Waals surface area contributed by atoms with Crippen LogP contribution in [0.15, 0.2) is 28.6 Å². The van der Waals surface area contributed by atoms with Crippen molar-refractivity contribution in [3.63, 3.8) is 0 Å². The van der Waals surface area contributed by atoms with E-state index in [1.54, 1.807) is 0 Å². The molecule has 0 spiro atoms. The molecule has 0 aromatic heterocycles. The van der Waals surface area contributed by atoms with E-state index in [1.165, 1.54) is 17.8 Å². The fraction of sp³-hybridized carbons (Fsp3) is 0. The summed E-state index contributed by atoms with van der Waals surface area (Å²) in [5.74, 6) is 0. The predicted molar refractivity (Wildman–Crippen MR) is 73.0 cm³/mol. The third kappa shape index (κ3) is 2.10. The van der Waals surface area contributed by atoms with E-state index in [0.29, 0.717) is 0 Å². The quantitative estimate of drug-likeness (QED) is 0.596. The Morgan fingerprint density at radius 2 is 1.33 bits per heavy atom. The van der Waals surface area contributed by atoms with Crippen molar-refractivity contribution in [3.05, 3.63) is 28.6 Å². The average Bonchev–Trinajstić information content (AvgIpc) is 2.61. The van der Waals surface area contributed by atoms with Gasteiger partial charge in [-0.1, -0.05) is 65.5 Å². The number of thioether (sulfide) groups is 4. The predicted octanol–water partition coefficient (Wildman–Crippen LogP) is 4.42. The van der Waals surface area contributed by atoms with Crippen LogP contribution in [0.1, 0.15) is 0 Å². The number of hydrogen-bond donors (Lipinski definition) is 0. The Bertz CT molecular complexity index is 279. The fourth-order valence-electron chi connectivity index (χ4n) is 0.708. The van der Waals surface area contributed by atoms with E-state index < -0.39 is 0 Å². The molecule has 0 aromatic rings. The monoisotopic (exact) mass is 268 g/mol. The van der Waals surface area contributed by atoms with Crippen LogP contribution in [0.25, 0.3) is 0 Å². The van der Waals surface area contributed by atoms with Gasteiger partial charge in [0.05, 0.1) is 8.47 Å². The summed E-state index contributed by atoms with van der Waals surface area (Å²) in [6.07, 6.45) is 0. The molecule has 0 bridgehead atoms. The second kappa shape index (κ2) is 4.33. The highest BCUT2D eigenvalue weighted by molar-refractivity contribution is 8.35. The molecule has 0 saturated heterocycles.